The molecule has 90 valence electrons. The van der Waals surface area contributed by atoms with Crippen molar-refractivity contribution < 1.29 is 0 Å². The van der Waals surface area contributed by atoms with Gasteiger partial charge in [-0.15, -0.1) is 0 Å². The van der Waals surface area contributed by atoms with Crippen molar-refractivity contribution in [3.63, 3.8) is 0 Å². The second kappa shape index (κ2) is 3.26. The number of nitrogens with zero attached hydrogens (tertiary/aromatic N) is 4. The lowest BCUT2D eigenvalue weighted by Crippen LogP contribution is -2.62. The minimum Gasteiger partial charge on any atom is -0.196 e. The lowest BCUT2D eigenvalue weighted by Gasteiger charge is -2.59. The van der Waals surface area contributed by atoms with E-state index in [-0.39, 0.29) is 23.7 Å². The molecule has 4 aliphatic carbocycles. The van der Waals surface area contributed by atoms with Crippen LogP contribution >= 0.6 is 0 Å². The van der Waals surface area contributed by atoms with Gasteiger partial charge in [0.1, 0.15) is 0 Å². The number of rotatable bonds is 0. The first-order valence-corrected chi connectivity index (χ1v) is 6.13. The minimum atomic E-state index is -1.56. The van der Waals surface area contributed by atoms with Crippen molar-refractivity contribution in [2.45, 2.75) is 6.92 Å². The molecular formula is C15H10N4. The molecule has 0 heterocycles. The van der Waals surface area contributed by atoms with Gasteiger partial charge in [0.05, 0.1) is 24.3 Å². The maximum atomic E-state index is 9.55. The Labute approximate surface area is 111 Å². The Hall–Kier alpha value is -2.56. The summed E-state index contributed by atoms with van der Waals surface area (Å²) in [7, 11) is 0. The number of hydrogen-bond donors (Lipinski definition) is 0. The topological polar surface area (TPSA) is 95.2 Å². The molecule has 2 bridgehead atoms. The Morgan fingerprint density at radius 1 is 0.895 bits per heavy atom. The molecule has 4 rings (SSSR count). The molecule has 4 aliphatic rings. The minimum absolute atomic E-state index is 0.115. The van der Waals surface area contributed by atoms with Crippen molar-refractivity contribution in [1.29, 1.82) is 21.0 Å². The maximum Gasteiger partial charge on any atom is 0.182 e. The summed E-state index contributed by atoms with van der Waals surface area (Å²) in [6.07, 6.45) is 5.78. The van der Waals surface area contributed by atoms with E-state index < -0.39 is 10.8 Å². The third-order valence-corrected chi connectivity index (χ3v) is 5.05. The first-order chi connectivity index (χ1) is 9.11. The van der Waals surface area contributed by atoms with Gasteiger partial charge in [-0.2, -0.15) is 21.0 Å². The van der Waals surface area contributed by atoms with Crippen LogP contribution in [0.1, 0.15) is 6.92 Å². The summed E-state index contributed by atoms with van der Waals surface area (Å²) in [5.41, 5.74) is -1.97. The van der Waals surface area contributed by atoms with Crippen molar-refractivity contribution in [3.8, 4) is 24.3 Å². The normalized spacial score (nSPS) is 38.5. The van der Waals surface area contributed by atoms with Crippen LogP contribution in [0.5, 0.6) is 0 Å². The van der Waals surface area contributed by atoms with Gasteiger partial charge in [0.25, 0.3) is 0 Å². The van der Waals surface area contributed by atoms with Crippen LogP contribution in [-0.4, -0.2) is 0 Å². The zero-order valence-electron chi connectivity index (χ0n) is 10.3. The Kier molecular flexibility index (Phi) is 1.98. The van der Waals surface area contributed by atoms with E-state index >= 15 is 0 Å². The van der Waals surface area contributed by atoms with Gasteiger partial charge in [0, 0.05) is 11.8 Å². The fourth-order valence-electron chi connectivity index (χ4n) is 4.11. The van der Waals surface area contributed by atoms with Crippen molar-refractivity contribution in [1.82, 2.24) is 0 Å². The third kappa shape index (κ3) is 0.907. The van der Waals surface area contributed by atoms with Crippen molar-refractivity contribution in [2.24, 2.45) is 34.5 Å². The Morgan fingerprint density at radius 3 is 1.84 bits per heavy atom. The zero-order chi connectivity index (χ0) is 13.8. The first-order valence-electron chi connectivity index (χ1n) is 6.13. The SMILES string of the molecule is CC1=C[C@@H]2[C@@H]1[C@H]1C=C[C@H]2C(C#N)(C#N)C1(C#N)C#N. The predicted molar refractivity (Wildman–Crippen MR) is 64.2 cm³/mol. The average Bonchev–Trinajstić information content (AvgIpc) is 2.44. The summed E-state index contributed by atoms with van der Waals surface area (Å²) in [6.45, 7) is 1.98. The molecule has 0 spiro atoms. The molecule has 0 aliphatic heterocycles. The van der Waals surface area contributed by atoms with E-state index in [9.17, 15) is 21.0 Å². The molecule has 0 aromatic heterocycles. The van der Waals surface area contributed by atoms with Gasteiger partial charge in [-0.1, -0.05) is 23.8 Å². The van der Waals surface area contributed by atoms with Gasteiger partial charge in [0.15, 0.2) is 10.8 Å². The third-order valence-electron chi connectivity index (χ3n) is 5.05. The van der Waals surface area contributed by atoms with E-state index in [0.717, 1.165) is 5.57 Å². The van der Waals surface area contributed by atoms with Crippen molar-refractivity contribution >= 4 is 0 Å². The first kappa shape index (κ1) is 11.5. The maximum absolute atomic E-state index is 9.55. The van der Waals surface area contributed by atoms with E-state index in [1.807, 2.05) is 43.4 Å². The highest BCUT2D eigenvalue weighted by molar-refractivity contribution is 5.50. The van der Waals surface area contributed by atoms with E-state index in [4.69, 9.17) is 0 Å². The molecule has 0 amide bonds. The monoisotopic (exact) mass is 246 g/mol. The van der Waals surface area contributed by atoms with E-state index in [1.165, 1.54) is 0 Å². The number of allylic oxidation sites excluding steroid dienone is 4. The summed E-state index contributed by atoms with van der Waals surface area (Å²) in [6, 6.07) is 8.03. The van der Waals surface area contributed by atoms with Crippen molar-refractivity contribution in [3.05, 3.63) is 23.8 Å². The van der Waals surface area contributed by atoms with E-state index in [1.54, 1.807) is 0 Å². The summed E-state index contributed by atoms with van der Waals surface area (Å²) >= 11 is 0. The van der Waals surface area contributed by atoms with Crippen LogP contribution in [0.25, 0.3) is 0 Å². The molecule has 0 aromatic rings. The lowest BCUT2D eigenvalue weighted by atomic mass is 9.38. The van der Waals surface area contributed by atoms with Gasteiger partial charge in [-0.05, 0) is 18.8 Å². The van der Waals surface area contributed by atoms with Gasteiger partial charge in [0.2, 0.25) is 0 Å². The highest BCUT2D eigenvalue weighted by Gasteiger charge is 2.72. The summed E-state index contributed by atoms with van der Waals surface area (Å²) in [5.74, 6) is -0.476. The molecular weight excluding hydrogens is 236 g/mol. The molecule has 4 atom stereocenters. The lowest BCUT2D eigenvalue weighted by molar-refractivity contribution is 0.00180. The fourth-order valence-corrected chi connectivity index (χ4v) is 4.11. The number of fused-ring (bicyclic) bond motifs is 1. The van der Waals surface area contributed by atoms with E-state index in [2.05, 4.69) is 6.08 Å². The van der Waals surface area contributed by atoms with Gasteiger partial charge >= 0.3 is 0 Å². The van der Waals surface area contributed by atoms with Crippen LogP contribution < -0.4 is 0 Å². The molecule has 19 heavy (non-hydrogen) atoms. The Balaban J connectivity index is 2.33. The Morgan fingerprint density at radius 2 is 1.37 bits per heavy atom. The van der Waals surface area contributed by atoms with Crippen LogP contribution in [0.3, 0.4) is 0 Å². The predicted octanol–water partition coefficient (Wildman–Crippen LogP) is 2.06. The van der Waals surface area contributed by atoms with Crippen LogP contribution in [0.2, 0.25) is 0 Å². The quantitative estimate of drug-likeness (QED) is 0.611. The average molecular weight is 246 g/mol. The standard InChI is InChI=1S/C15H10N4/c1-9-4-10-11-2-3-12(13(9)10)15(7-18,8-19)14(11,5-16)6-17/h2-4,10-13H,1H3/t10-,11+,12+,13+/m0/s1. The molecule has 1 fully saturated rings. The zero-order valence-corrected chi connectivity index (χ0v) is 10.3. The van der Waals surface area contributed by atoms with Crippen LogP contribution in [0.4, 0.5) is 0 Å². The molecule has 4 nitrogen and oxygen atoms in total. The molecule has 0 N–H and O–H groups in total. The van der Waals surface area contributed by atoms with Crippen LogP contribution in [0.15, 0.2) is 23.8 Å². The van der Waals surface area contributed by atoms with Crippen molar-refractivity contribution in [2.75, 3.05) is 0 Å². The molecule has 0 aromatic carbocycles. The highest BCUT2D eigenvalue weighted by atomic mass is 14.7. The molecule has 0 radical (unpaired) electrons. The second-order valence-electron chi connectivity index (χ2n) is 5.51. The second-order valence-corrected chi connectivity index (χ2v) is 5.51. The largest absolute Gasteiger partial charge is 0.196 e. The number of nitriles is 4. The molecule has 4 heteroatoms. The van der Waals surface area contributed by atoms with Crippen LogP contribution in [-0.2, 0) is 0 Å². The van der Waals surface area contributed by atoms with Gasteiger partial charge < -0.3 is 0 Å². The highest BCUT2D eigenvalue weighted by Crippen LogP contribution is 2.67. The molecule has 0 saturated heterocycles. The Bertz CT molecular complexity index is 658. The number of hydrogen-bond acceptors (Lipinski definition) is 4. The van der Waals surface area contributed by atoms with E-state index in [0.29, 0.717) is 0 Å². The van der Waals surface area contributed by atoms with Gasteiger partial charge in [-0.3, -0.25) is 0 Å². The smallest absolute Gasteiger partial charge is 0.182 e. The summed E-state index contributed by atoms with van der Waals surface area (Å²) in [5, 5.41) is 38.1. The van der Waals surface area contributed by atoms with Crippen LogP contribution in [0, 0.1) is 79.8 Å². The fraction of sp³-hybridized carbons (Fsp3) is 0.467. The molecule has 1 saturated carbocycles. The van der Waals surface area contributed by atoms with Gasteiger partial charge in [-0.25, -0.2) is 0 Å². The molecule has 0 unspecified atom stereocenters. The summed E-state index contributed by atoms with van der Waals surface area (Å²) in [4.78, 5) is 0. The summed E-state index contributed by atoms with van der Waals surface area (Å²) < 4.78 is 0.